The third-order valence-electron chi connectivity index (χ3n) is 5.86. The summed E-state index contributed by atoms with van der Waals surface area (Å²) < 4.78 is 5.40. The van der Waals surface area contributed by atoms with Gasteiger partial charge in [0.25, 0.3) is 8.24 Å². The Morgan fingerprint density at radius 3 is 1.37 bits per heavy atom. The number of aliphatic imine (C=N–C) groups is 1. The Morgan fingerprint density at radius 2 is 0.921 bits per heavy atom. The van der Waals surface area contributed by atoms with Gasteiger partial charge in [0, 0.05) is 6.21 Å². The van der Waals surface area contributed by atoms with E-state index in [1.165, 1.54) is 15.6 Å². The van der Waals surface area contributed by atoms with Crippen LogP contribution in [0.3, 0.4) is 0 Å². The molecular formula is C31H25Cl2FeN3Si. The van der Waals surface area contributed by atoms with Crippen molar-refractivity contribution in [2.45, 2.75) is 0 Å². The third-order valence-corrected chi connectivity index (χ3v) is 9.88. The number of nitrogens with zero attached hydrogens (tertiary/aromatic N) is 3. The van der Waals surface area contributed by atoms with Crippen LogP contribution in [0.5, 0.6) is 0 Å². The summed E-state index contributed by atoms with van der Waals surface area (Å²) in [5, 5.41) is 3.70. The zero-order valence-corrected chi connectivity index (χ0v) is 24.0. The predicted octanol–water partition coefficient (Wildman–Crippen LogP) is 6.29. The van der Waals surface area contributed by atoms with E-state index in [4.69, 9.17) is 29.8 Å². The Bertz CT molecular complexity index is 1360. The monoisotopic (exact) mass is 593 g/mol. The molecular weight excluding hydrogens is 569 g/mol. The zero-order chi connectivity index (χ0) is 26.5. The molecule has 1 heterocycles. The van der Waals surface area contributed by atoms with Gasteiger partial charge in [-0.15, -0.1) is 0 Å². The van der Waals surface area contributed by atoms with Crippen LogP contribution in [0.25, 0.3) is 0 Å². The number of benzene rings is 4. The SMILES string of the molecule is C(=Nc1ccccc1)c1cccc(/C=N/[Si](c2ccccc2)(c2ccccc2)c2ccccc2)n1.[Cl][Fe][Cl]. The van der Waals surface area contributed by atoms with Crippen LogP contribution >= 0.6 is 20.2 Å². The van der Waals surface area contributed by atoms with E-state index in [0.717, 1.165) is 17.1 Å². The molecule has 0 bridgehead atoms. The summed E-state index contributed by atoms with van der Waals surface area (Å²) in [6, 6.07) is 47.7. The first-order valence-corrected chi connectivity index (χ1v) is 16.9. The van der Waals surface area contributed by atoms with Crippen molar-refractivity contribution in [2.75, 3.05) is 0 Å². The number of pyridine rings is 1. The molecule has 190 valence electrons. The Balaban J connectivity index is 0.00000107. The Labute approximate surface area is 239 Å². The summed E-state index contributed by atoms with van der Waals surface area (Å²) in [6.07, 6.45) is 3.72. The molecule has 5 aromatic rings. The maximum absolute atomic E-state index is 5.40. The van der Waals surface area contributed by atoms with Crippen LogP contribution in [0, 0.1) is 0 Å². The fourth-order valence-corrected chi connectivity index (χ4v) is 7.99. The summed E-state index contributed by atoms with van der Waals surface area (Å²) in [5.74, 6) is 0. The summed E-state index contributed by atoms with van der Waals surface area (Å²) in [7, 11) is 6.83. The van der Waals surface area contributed by atoms with Crippen molar-refractivity contribution in [1.82, 2.24) is 4.98 Å². The van der Waals surface area contributed by atoms with Gasteiger partial charge in [0.2, 0.25) is 0 Å². The van der Waals surface area contributed by atoms with Gasteiger partial charge in [0.1, 0.15) is 0 Å². The molecule has 0 radical (unpaired) electrons. The van der Waals surface area contributed by atoms with Crippen molar-refractivity contribution in [3.8, 4) is 0 Å². The molecule has 7 heteroatoms. The van der Waals surface area contributed by atoms with Gasteiger partial charge in [-0.25, -0.2) is 4.98 Å². The van der Waals surface area contributed by atoms with Gasteiger partial charge in [-0.1, -0.05) is 115 Å². The summed E-state index contributed by atoms with van der Waals surface area (Å²) >= 11 is 0.194. The normalized spacial score (nSPS) is 11.4. The summed E-state index contributed by atoms with van der Waals surface area (Å²) in [4.78, 5) is 9.34. The first-order chi connectivity index (χ1) is 18.8. The molecule has 1 aromatic heterocycles. The number of rotatable bonds is 7. The topological polar surface area (TPSA) is 37.6 Å². The average molecular weight is 594 g/mol. The van der Waals surface area contributed by atoms with E-state index in [9.17, 15) is 0 Å². The van der Waals surface area contributed by atoms with E-state index < -0.39 is 8.24 Å². The molecule has 0 unspecified atom stereocenters. The first-order valence-electron chi connectivity index (χ1n) is 11.9. The molecule has 0 amide bonds. The van der Waals surface area contributed by atoms with Crippen molar-refractivity contribution in [3.63, 3.8) is 0 Å². The second kappa shape index (κ2) is 14.6. The number of aromatic nitrogens is 1. The van der Waals surface area contributed by atoms with Crippen LogP contribution in [0.1, 0.15) is 11.4 Å². The molecule has 0 atom stereocenters. The number of para-hydroxylation sites is 1. The van der Waals surface area contributed by atoms with Crippen LogP contribution in [0.15, 0.2) is 149 Å². The van der Waals surface area contributed by atoms with Crippen molar-refractivity contribution in [1.29, 1.82) is 0 Å². The minimum atomic E-state index is -2.70. The quantitative estimate of drug-likeness (QED) is 0.124. The Morgan fingerprint density at radius 1 is 0.526 bits per heavy atom. The average Bonchev–Trinajstić information content (AvgIpc) is 2.99. The van der Waals surface area contributed by atoms with E-state index in [1.54, 1.807) is 6.21 Å². The maximum atomic E-state index is 5.40. The summed E-state index contributed by atoms with van der Waals surface area (Å²) in [5.41, 5.74) is 2.50. The van der Waals surface area contributed by atoms with E-state index in [1.807, 2.05) is 54.7 Å². The summed E-state index contributed by atoms with van der Waals surface area (Å²) in [6.45, 7) is 0. The van der Waals surface area contributed by atoms with Gasteiger partial charge in [-0.05, 0) is 39.8 Å². The van der Waals surface area contributed by atoms with Gasteiger partial charge in [-0.3, -0.25) is 4.99 Å². The van der Waals surface area contributed by atoms with Gasteiger partial charge in [0.15, 0.2) is 0 Å². The van der Waals surface area contributed by atoms with Crippen molar-refractivity contribution in [2.24, 2.45) is 9.65 Å². The molecule has 3 nitrogen and oxygen atoms in total. The van der Waals surface area contributed by atoms with Crippen LogP contribution < -0.4 is 15.6 Å². The number of hydrogen-bond donors (Lipinski definition) is 0. The molecule has 5 rings (SSSR count). The van der Waals surface area contributed by atoms with Crippen LogP contribution in [0.2, 0.25) is 0 Å². The number of hydrogen-bond acceptors (Lipinski definition) is 3. The second-order valence-corrected chi connectivity index (χ2v) is 13.4. The van der Waals surface area contributed by atoms with E-state index in [2.05, 4.69) is 96.0 Å². The van der Waals surface area contributed by atoms with E-state index in [0.29, 0.717) is 0 Å². The van der Waals surface area contributed by atoms with Gasteiger partial charge >= 0.3 is 33.3 Å². The molecule has 0 saturated heterocycles. The standard InChI is InChI=1S/C31H25N3Si.2ClH.Fe/c1-5-14-26(15-6-1)32-24-27-16-13-17-28(34-27)25-33-35(29-18-7-2-8-19-29,30-20-9-3-10-21-30)31-22-11-4-12-23-31;;;/h1-25H;2*1H;/q;;;+2/p-2/b32-24?,33-25+;;;. The van der Waals surface area contributed by atoms with Crippen LogP contribution in [-0.2, 0) is 13.1 Å². The molecule has 0 spiro atoms. The van der Waals surface area contributed by atoms with Gasteiger partial charge in [-0.2, -0.15) is 0 Å². The Kier molecular flexibility index (Phi) is 10.6. The first kappa shape index (κ1) is 27.7. The zero-order valence-electron chi connectivity index (χ0n) is 20.4. The van der Waals surface area contributed by atoms with E-state index in [-0.39, 0.29) is 13.1 Å². The molecule has 0 N–H and O–H groups in total. The predicted molar refractivity (Wildman–Crippen MR) is 161 cm³/mol. The van der Waals surface area contributed by atoms with E-state index >= 15 is 0 Å². The molecule has 4 aromatic carbocycles. The number of halogens is 2. The molecule has 0 saturated carbocycles. The van der Waals surface area contributed by atoms with Gasteiger partial charge in [0.05, 0.1) is 23.3 Å². The molecule has 0 aliphatic rings. The fourth-order valence-electron chi connectivity index (χ4n) is 4.19. The molecule has 38 heavy (non-hydrogen) atoms. The fraction of sp³-hybridized carbons (Fsp3) is 0. The van der Waals surface area contributed by atoms with Crippen molar-refractivity contribution >= 4 is 62.1 Å². The molecule has 0 aliphatic carbocycles. The van der Waals surface area contributed by atoms with Crippen molar-refractivity contribution < 1.29 is 13.1 Å². The minimum absolute atomic E-state index is 0.194. The third kappa shape index (κ3) is 7.16. The van der Waals surface area contributed by atoms with Crippen LogP contribution in [0.4, 0.5) is 5.69 Å². The van der Waals surface area contributed by atoms with Crippen molar-refractivity contribution in [3.05, 3.63) is 151 Å². The Hall–Kier alpha value is -3.31. The van der Waals surface area contributed by atoms with Gasteiger partial charge < -0.3 is 4.66 Å². The van der Waals surface area contributed by atoms with Crippen LogP contribution in [-0.4, -0.2) is 25.6 Å². The second-order valence-electron chi connectivity index (χ2n) is 8.20. The molecule has 0 aliphatic heterocycles. The molecule has 0 fully saturated rings.